The summed E-state index contributed by atoms with van der Waals surface area (Å²) in [5.74, 6) is -1.20. The number of hydrogen-bond donors (Lipinski definition) is 1. The molecule has 0 bridgehead atoms. The largest absolute Gasteiger partial charge is 0.480 e. The van der Waals surface area contributed by atoms with Crippen LogP contribution in [-0.2, 0) is 9.53 Å². The normalized spacial score (nSPS) is 28.3. The molecule has 6 heteroatoms. The lowest BCUT2D eigenvalue weighted by Gasteiger charge is -2.27. The number of carboxylic acid groups (broad SMARTS) is 1. The van der Waals surface area contributed by atoms with Crippen LogP contribution in [0.3, 0.4) is 0 Å². The van der Waals surface area contributed by atoms with Crippen molar-refractivity contribution in [1.29, 1.82) is 0 Å². The Kier molecular flexibility index (Phi) is 3.88. The summed E-state index contributed by atoms with van der Waals surface area (Å²) in [4.78, 5) is 23.9. The van der Waals surface area contributed by atoms with Crippen molar-refractivity contribution in [2.24, 2.45) is 0 Å². The van der Waals surface area contributed by atoms with E-state index in [1.807, 2.05) is 0 Å². The van der Waals surface area contributed by atoms with Gasteiger partial charge >= 0.3 is 12.1 Å². The van der Waals surface area contributed by atoms with Crippen LogP contribution in [0.1, 0.15) is 40.5 Å². The molecule has 0 spiro atoms. The lowest BCUT2D eigenvalue weighted by atomic mass is 9.99. The molecule has 0 aromatic carbocycles. The molecule has 1 aliphatic rings. The average Bonchev–Trinajstić information content (AvgIpc) is 2.55. The Morgan fingerprint density at radius 2 is 2.06 bits per heavy atom. The van der Waals surface area contributed by atoms with Crippen molar-refractivity contribution in [1.82, 2.24) is 4.90 Å². The van der Waals surface area contributed by atoms with Crippen LogP contribution in [0.15, 0.2) is 0 Å². The van der Waals surface area contributed by atoms with Gasteiger partial charge in [0, 0.05) is 6.42 Å². The van der Waals surface area contributed by atoms with Crippen LogP contribution in [-0.4, -0.2) is 45.9 Å². The second-order valence-corrected chi connectivity index (χ2v) is 5.67. The average molecular weight is 261 g/mol. The summed E-state index contributed by atoms with van der Waals surface area (Å²) in [7, 11) is 0. The van der Waals surface area contributed by atoms with Gasteiger partial charge in [-0.05, 0) is 27.2 Å². The van der Waals surface area contributed by atoms with E-state index < -0.39 is 29.4 Å². The fourth-order valence-corrected chi connectivity index (χ4v) is 1.93. The minimum atomic E-state index is -1.64. The van der Waals surface area contributed by atoms with E-state index in [0.29, 0.717) is 0 Å². The van der Waals surface area contributed by atoms with Crippen molar-refractivity contribution in [2.45, 2.75) is 57.8 Å². The Morgan fingerprint density at radius 3 is 2.44 bits per heavy atom. The van der Waals surface area contributed by atoms with E-state index in [1.54, 1.807) is 27.7 Å². The topological polar surface area (TPSA) is 66.8 Å². The van der Waals surface area contributed by atoms with Crippen LogP contribution < -0.4 is 0 Å². The van der Waals surface area contributed by atoms with Gasteiger partial charge in [0.15, 0.2) is 0 Å². The van der Waals surface area contributed by atoms with Crippen LogP contribution >= 0.6 is 0 Å². The van der Waals surface area contributed by atoms with Gasteiger partial charge < -0.3 is 9.84 Å². The number of carboxylic acids is 1. The zero-order valence-corrected chi connectivity index (χ0v) is 11.2. The van der Waals surface area contributed by atoms with Gasteiger partial charge in [-0.15, -0.1) is 0 Å². The molecular weight excluding hydrogens is 241 g/mol. The molecule has 0 aliphatic carbocycles. The molecule has 1 saturated heterocycles. The maximum atomic E-state index is 14.2. The number of nitrogens with zero attached hydrogens (tertiary/aromatic N) is 1. The van der Waals surface area contributed by atoms with E-state index in [-0.39, 0.29) is 19.4 Å². The third-order valence-corrected chi connectivity index (χ3v) is 2.94. The number of carbonyl (C=O) groups is 2. The molecule has 1 N–H and O–H groups in total. The van der Waals surface area contributed by atoms with Gasteiger partial charge in [-0.1, -0.05) is 6.92 Å². The third kappa shape index (κ3) is 3.34. The van der Waals surface area contributed by atoms with E-state index in [9.17, 15) is 14.0 Å². The number of rotatable bonds is 2. The number of aliphatic carboxylic acids is 1. The van der Waals surface area contributed by atoms with Crippen molar-refractivity contribution in [3.8, 4) is 0 Å². The summed E-state index contributed by atoms with van der Waals surface area (Å²) < 4.78 is 19.3. The highest BCUT2D eigenvalue weighted by molar-refractivity contribution is 5.81. The number of halogens is 1. The lowest BCUT2D eigenvalue weighted by molar-refractivity contribution is -0.142. The number of ether oxygens (including phenoxy) is 1. The van der Waals surface area contributed by atoms with Gasteiger partial charge in [-0.3, -0.25) is 4.90 Å². The van der Waals surface area contributed by atoms with Crippen LogP contribution in [0.25, 0.3) is 0 Å². The Morgan fingerprint density at radius 1 is 1.50 bits per heavy atom. The van der Waals surface area contributed by atoms with E-state index in [4.69, 9.17) is 9.84 Å². The molecule has 18 heavy (non-hydrogen) atoms. The number of alkyl halides is 1. The monoisotopic (exact) mass is 261 g/mol. The molecule has 1 fully saturated rings. The standard InChI is InChI=1S/C12H20FNO4/c1-5-12(13)6-8(9(15)16)14(7-12)10(17)18-11(2,3)4/h8H,5-7H2,1-4H3,(H,15,16)/t8-,12+/m0/s1. The zero-order valence-electron chi connectivity index (χ0n) is 11.2. The molecule has 0 saturated carbocycles. The van der Waals surface area contributed by atoms with Gasteiger partial charge in [0.2, 0.25) is 0 Å². The highest BCUT2D eigenvalue weighted by Gasteiger charge is 2.49. The molecule has 2 atom stereocenters. The minimum Gasteiger partial charge on any atom is -0.480 e. The first-order valence-corrected chi connectivity index (χ1v) is 5.99. The van der Waals surface area contributed by atoms with Crippen LogP contribution in [0.4, 0.5) is 9.18 Å². The summed E-state index contributed by atoms with van der Waals surface area (Å²) in [6.45, 7) is 6.45. The van der Waals surface area contributed by atoms with E-state index in [1.165, 1.54) is 0 Å². The molecule has 104 valence electrons. The first-order chi connectivity index (χ1) is 8.08. The van der Waals surface area contributed by atoms with Gasteiger partial charge in [-0.25, -0.2) is 14.0 Å². The van der Waals surface area contributed by atoms with Gasteiger partial charge in [-0.2, -0.15) is 0 Å². The van der Waals surface area contributed by atoms with Gasteiger partial charge in [0.25, 0.3) is 0 Å². The van der Waals surface area contributed by atoms with Crippen molar-refractivity contribution in [3.05, 3.63) is 0 Å². The SMILES string of the molecule is CC[C@@]1(F)C[C@@H](C(=O)O)N(C(=O)OC(C)(C)C)C1. The van der Waals surface area contributed by atoms with Gasteiger partial charge in [0.05, 0.1) is 6.54 Å². The predicted molar refractivity (Wildman–Crippen MR) is 63.1 cm³/mol. The number of carbonyl (C=O) groups excluding carboxylic acids is 1. The highest BCUT2D eigenvalue weighted by atomic mass is 19.1. The fourth-order valence-electron chi connectivity index (χ4n) is 1.93. The zero-order chi connectivity index (χ0) is 14.1. The van der Waals surface area contributed by atoms with E-state index in [0.717, 1.165) is 4.90 Å². The summed E-state index contributed by atoms with van der Waals surface area (Å²) >= 11 is 0. The van der Waals surface area contributed by atoms with Crippen molar-refractivity contribution < 1.29 is 23.8 Å². The first-order valence-electron chi connectivity index (χ1n) is 5.99. The van der Waals surface area contributed by atoms with Crippen molar-refractivity contribution in [2.75, 3.05) is 6.54 Å². The number of likely N-dealkylation sites (tertiary alicyclic amines) is 1. The number of hydrogen-bond acceptors (Lipinski definition) is 3. The maximum absolute atomic E-state index is 14.2. The Hall–Kier alpha value is -1.33. The molecule has 1 amide bonds. The molecule has 1 aliphatic heterocycles. The van der Waals surface area contributed by atoms with Crippen LogP contribution in [0.2, 0.25) is 0 Å². The Balaban J connectivity index is 2.85. The maximum Gasteiger partial charge on any atom is 0.411 e. The predicted octanol–water partition coefficient (Wildman–Crippen LogP) is 2.20. The molecule has 0 aromatic rings. The summed E-state index contributed by atoms with van der Waals surface area (Å²) in [6, 6.07) is -1.15. The number of amides is 1. The third-order valence-electron chi connectivity index (χ3n) is 2.94. The first kappa shape index (κ1) is 14.7. The van der Waals surface area contributed by atoms with E-state index in [2.05, 4.69) is 0 Å². The summed E-state index contributed by atoms with van der Waals surface area (Å²) in [5, 5.41) is 9.04. The molecule has 5 nitrogen and oxygen atoms in total. The molecule has 0 radical (unpaired) electrons. The Bertz CT molecular complexity index is 352. The van der Waals surface area contributed by atoms with E-state index >= 15 is 0 Å². The molecular formula is C12H20FNO4. The fraction of sp³-hybridized carbons (Fsp3) is 0.833. The van der Waals surface area contributed by atoms with Crippen molar-refractivity contribution >= 4 is 12.1 Å². The molecule has 0 aromatic heterocycles. The lowest BCUT2D eigenvalue weighted by Crippen LogP contribution is -2.43. The highest BCUT2D eigenvalue weighted by Crippen LogP contribution is 2.34. The molecule has 1 rings (SSSR count). The summed E-state index contributed by atoms with van der Waals surface area (Å²) in [5.41, 5.74) is -2.37. The van der Waals surface area contributed by atoms with Crippen LogP contribution in [0.5, 0.6) is 0 Å². The second-order valence-electron chi connectivity index (χ2n) is 5.67. The summed E-state index contributed by atoms with van der Waals surface area (Å²) in [6.07, 6.45) is -0.781. The van der Waals surface area contributed by atoms with Crippen LogP contribution in [0, 0.1) is 0 Å². The Labute approximate surface area is 106 Å². The minimum absolute atomic E-state index is 0.177. The molecule has 0 unspecified atom stereocenters. The van der Waals surface area contributed by atoms with Crippen molar-refractivity contribution in [3.63, 3.8) is 0 Å². The quantitative estimate of drug-likeness (QED) is 0.827. The smallest absolute Gasteiger partial charge is 0.411 e. The molecule has 1 heterocycles. The second kappa shape index (κ2) is 4.74. The van der Waals surface area contributed by atoms with Gasteiger partial charge in [0.1, 0.15) is 17.3 Å².